The van der Waals surface area contributed by atoms with E-state index in [-0.39, 0.29) is 25.2 Å². The van der Waals surface area contributed by atoms with Crippen molar-refractivity contribution in [3.05, 3.63) is 0 Å². The van der Waals surface area contributed by atoms with Crippen LogP contribution in [0.2, 0.25) is 0 Å². The van der Waals surface area contributed by atoms with Gasteiger partial charge in [-0.3, -0.25) is 9.59 Å². The molecule has 2 fully saturated rings. The normalized spacial score (nSPS) is 18.3. The Kier molecular flexibility index (Phi) is 14.0. The van der Waals surface area contributed by atoms with Crippen LogP contribution in [0.3, 0.4) is 0 Å². The van der Waals surface area contributed by atoms with E-state index >= 15 is 0 Å². The van der Waals surface area contributed by atoms with E-state index in [2.05, 4.69) is 0 Å². The Morgan fingerprint density at radius 3 is 1.33 bits per heavy atom. The Hall–Kier alpha value is -1.06. The van der Waals surface area contributed by atoms with Crippen molar-refractivity contribution in [1.29, 1.82) is 0 Å². The first kappa shape index (κ1) is 25.2. The molecule has 0 bridgehead atoms. The van der Waals surface area contributed by atoms with Crippen molar-refractivity contribution >= 4 is 11.9 Å². The Balaban J connectivity index is 1.32. The highest BCUT2D eigenvalue weighted by Crippen LogP contribution is 2.28. The molecule has 0 N–H and O–H groups in total. The van der Waals surface area contributed by atoms with Gasteiger partial charge in [0.1, 0.15) is 13.2 Å². The topological polar surface area (TPSA) is 52.6 Å². The number of unbranched alkanes of at least 4 members (excludes halogenated alkanes) is 4. The molecular formula is C26H46O4. The predicted octanol–water partition coefficient (Wildman–Crippen LogP) is 7.13. The summed E-state index contributed by atoms with van der Waals surface area (Å²) in [6.45, 7) is 0.378. The molecule has 30 heavy (non-hydrogen) atoms. The van der Waals surface area contributed by atoms with Crippen LogP contribution in [0, 0.1) is 11.8 Å². The zero-order valence-corrected chi connectivity index (χ0v) is 19.3. The molecule has 0 aromatic rings. The van der Waals surface area contributed by atoms with Gasteiger partial charge >= 0.3 is 11.9 Å². The van der Waals surface area contributed by atoms with Gasteiger partial charge in [-0.25, -0.2) is 0 Å². The summed E-state index contributed by atoms with van der Waals surface area (Å²) in [5.74, 6) is 1.53. The van der Waals surface area contributed by atoms with Crippen LogP contribution in [0.4, 0.5) is 0 Å². The van der Waals surface area contributed by atoms with E-state index in [1.54, 1.807) is 0 Å². The highest BCUT2D eigenvalue weighted by Gasteiger charge is 2.14. The third kappa shape index (κ3) is 12.6. The summed E-state index contributed by atoms with van der Waals surface area (Å²) < 4.78 is 10.4. The quantitative estimate of drug-likeness (QED) is 0.208. The largest absolute Gasteiger partial charge is 0.462 e. The zero-order chi connectivity index (χ0) is 21.3. The monoisotopic (exact) mass is 422 g/mol. The number of esters is 2. The fourth-order valence-electron chi connectivity index (χ4n) is 5.17. The molecule has 0 spiro atoms. The second-order valence-electron chi connectivity index (χ2n) is 9.65. The molecule has 0 heterocycles. The van der Waals surface area contributed by atoms with Gasteiger partial charge in [0.05, 0.1) is 0 Å². The number of carbonyl (C=O) groups is 2. The number of hydrogen-bond donors (Lipinski definition) is 0. The molecule has 0 unspecified atom stereocenters. The molecule has 2 saturated carbocycles. The molecule has 2 aliphatic rings. The fourth-order valence-corrected chi connectivity index (χ4v) is 5.17. The second kappa shape index (κ2) is 16.6. The summed E-state index contributed by atoms with van der Waals surface area (Å²) in [6.07, 6.45) is 24.2. The van der Waals surface area contributed by atoms with Crippen molar-refractivity contribution in [2.75, 3.05) is 13.2 Å². The van der Waals surface area contributed by atoms with Gasteiger partial charge in [-0.15, -0.1) is 0 Å². The van der Waals surface area contributed by atoms with Crippen LogP contribution in [-0.4, -0.2) is 25.2 Å². The zero-order valence-electron chi connectivity index (χ0n) is 19.3. The van der Waals surface area contributed by atoms with E-state index in [1.807, 2.05) is 0 Å². The maximum Gasteiger partial charge on any atom is 0.305 e. The van der Waals surface area contributed by atoms with Crippen LogP contribution >= 0.6 is 0 Å². The molecule has 0 atom stereocenters. The third-order valence-electron chi connectivity index (χ3n) is 7.05. The van der Waals surface area contributed by atoms with Gasteiger partial charge in [0.15, 0.2) is 0 Å². The number of hydrogen-bond acceptors (Lipinski definition) is 4. The average molecular weight is 423 g/mol. The van der Waals surface area contributed by atoms with E-state index in [9.17, 15) is 9.59 Å². The average Bonchev–Trinajstić information content (AvgIpc) is 2.78. The minimum atomic E-state index is -0.161. The van der Waals surface area contributed by atoms with E-state index < -0.39 is 0 Å². The highest BCUT2D eigenvalue weighted by molar-refractivity contribution is 5.70. The van der Waals surface area contributed by atoms with Crippen molar-refractivity contribution in [2.45, 2.75) is 128 Å². The van der Waals surface area contributed by atoms with E-state index in [4.69, 9.17) is 9.47 Å². The lowest BCUT2D eigenvalue weighted by Crippen LogP contribution is -2.13. The maximum atomic E-state index is 11.8. The smallest absolute Gasteiger partial charge is 0.305 e. The molecule has 4 heteroatoms. The minimum Gasteiger partial charge on any atom is -0.462 e. The maximum absolute atomic E-state index is 11.8. The summed E-state index contributed by atoms with van der Waals surface area (Å²) in [4.78, 5) is 23.5. The van der Waals surface area contributed by atoms with Gasteiger partial charge in [0.25, 0.3) is 0 Å². The third-order valence-corrected chi connectivity index (χ3v) is 7.05. The Morgan fingerprint density at radius 1 is 0.533 bits per heavy atom. The number of carbonyl (C=O) groups excluding carboxylic acids is 2. The first-order chi connectivity index (χ1) is 14.7. The van der Waals surface area contributed by atoms with Gasteiger partial charge in [-0.1, -0.05) is 103 Å². The van der Waals surface area contributed by atoms with Crippen LogP contribution in [0.5, 0.6) is 0 Å². The molecule has 0 aliphatic heterocycles. The van der Waals surface area contributed by atoms with Gasteiger partial charge in [0, 0.05) is 12.8 Å². The van der Waals surface area contributed by atoms with Gasteiger partial charge in [-0.2, -0.15) is 0 Å². The molecule has 4 nitrogen and oxygen atoms in total. The molecule has 0 aromatic carbocycles. The van der Waals surface area contributed by atoms with Crippen LogP contribution in [0.1, 0.15) is 128 Å². The van der Waals surface area contributed by atoms with Crippen molar-refractivity contribution in [3.8, 4) is 0 Å². The van der Waals surface area contributed by atoms with Crippen molar-refractivity contribution in [3.63, 3.8) is 0 Å². The second-order valence-corrected chi connectivity index (χ2v) is 9.65. The van der Waals surface area contributed by atoms with E-state index in [0.717, 1.165) is 37.5 Å². The lowest BCUT2D eigenvalue weighted by atomic mass is 9.85. The lowest BCUT2D eigenvalue weighted by Gasteiger charge is -2.21. The molecule has 2 rings (SSSR count). The van der Waals surface area contributed by atoms with Crippen LogP contribution < -0.4 is 0 Å². The summed E-state index contributed by atoms with van der Waals surface area (Å²) in [5, 5.41) is 0. The summed E-state index contributed by atoms with van der Waals surface area (Å²) >= 11 is 0. The van der Waals surface area contributed by atoms with E-state index in [1.165, 1.54) is 89.9 Å². The minimum absolute atomic E-state index is 0.161. The molecule has 0 aromatic heterocycles. The van der Waals surface area contributed by atoms with Gasteiger partial charge in [0.2, 0.25) is 0 Å². The molecule has 0 radical (unpaired) electrons. The highest BCUT2D eigenvalue weighted by atomic mass is 16.6. The van der Waals surface area contributed by atoms with Crippen LogP contribution in [0.15, 0.2) is 0 Å². The van der Waals surface area contributed by atoms with Crippen LogP contribution in [-0.2, 0) is 19.1 Å². The van der Waals surface area contributed by atoms with Crippen molar-refractivity contribution < 1.29 is 19.1 Å². The molecule has 0 saturated heterocycles. The predicted molar refractivity (Wildman–Crippen MR) is 121 cm³/mol. The first-order valence-corrected chi connectivity index (χ1v) is 13.1. The summed E-state index contributed by atoms with van der Waals surface area (Å²) in [7, 11) is 0. The van der Waals surface area contributed by atoms with Gasteiger partial charge in [-0.05, 0) is 24.7 Å². The van der Waals surface area contributed by atoms with E-state index in [0.29, 0.717) is 12.8 Å². The van der Waals surface area contributed by atoms with Crippen molar-refractivity contribution in [1.82, 2.24) is 0 Å². The lowest BCUT2D eigenvalue weighted by molar-refractivity contribution is -0.152. The Morgan fingerprint density at radius 2 is 0.933 bits per heavy atom. The summed E-state index contributed by atoms with van der Waals surface area (Å²) in [6, 6.07) is 0. The van der Waals surface area contributed by atoms with Crippen LogP contribution in [0.25, 0.3) is 0 Å². The molecule has 174 valence electrons. The van der Waals surface area contributed by atoms with Gasteiger partial charge < -0.3 is 9.47 Å². The molecule has 2 aliphatic carbocycles. The Bertz CT molecular complexity index is 408. The molecule has 0 amide bonds. The number of ether oxygens (including phenoxy) is 2. The standard InChI is InChI=1S/C26H46O4/c27-25(19-11-3-9-17-23-13-5-1-6-14-23)29-21-22-30-26(28)20-12-4-10-18-24-15-7-2-8-16-24/h23-24H,1-22H2. The molecular weight excluding hydrogens is 376 g/mol. The Labute approximate surface area is 184 Å². The van der Waals surface area contributed by atoms with Crippen molar-refractivity contribution in [2.24, 2.45) is 11.8 Å². The number of rotatable bonds is 15. The SMILES string of the molecule is O=C(CCCCCC1CCCCC1)OCCOC(=O)CCCCCC1CCCCC1. The first-order valence-electron chi connectivity index (χ1n) is 13.1. The summed E-state index contributed by atoms with van der Waals surface area (Å²) in [5.41, 5.74) is 0. The fraction of sp³-hybridized carbons (Fsp3) is 0.923.